The normalized spacial score (nSPS) is 15.1. The number of carbonyl (C=O) groups excluding carboxylic acids is 1. The summed E-state index contributed by atoms with van der Waals surface area (Å²) < 4.78 is 23.7. The lowest BCUT2D eigenvalue weighted by Gasteiger charge is -2.39. The molecule has 124 valence electrons. The Morgan fingerprint density at radius 3 is 3.00 bits per heavy atom. The maximum Gasteiger partial charge on any atom is 0.223 e. The maximum atomic E-state index is 13.2. The van der Waals surface area contributed by atoms with Crippen LogP contribution >= 0.6 is 0 Å². The van der Waals surface area contributed by atoms with Crippen molar-refractivity contribution in [3.8, 4) is 0 Å². The number of rotatable bonds is 7. The second-order valence-electron chi connectivity index (χ2n) is 5.79. The van der Waals surface area contributed by atoms with Crippen molar-refractivity contribution in [3.63, 3.8) is 0 Å². The van der Waals surface area contributed by atoms with Gasteiger partial charge < -0.3 is 19.4 Å². The van der Waals surface area contributed by atoms with Gasteiger partial charge >= 0.3 is 0 Å². The van der Waals surface area contributed by atoms with Crippen LogP contribution in [0.4, 0.5) is 4.39 Å². The average Bonchev–Trinajstić information content (AvgIpc) is 2.89. The van der Waals surface area contributed by atoms with Crippen LogP contribution in [-0.4, -0.2) is 55.3 Å². The summed E-state index contributed by atoms with van der Waals surface area (Å²) in [5.41, 5.74) is 1.81. The van der Waals surface area contributed by atoms with Crippen molar-refractivity contribution in [2.75, 3.05) is 33.4 Å². The predicted octanol–water partition coefficient (Wildman–Crippen LogP) is 2.11. The zero-order chi connectivity index (χ0) is 16.2. The molecule has 0 unspecified atom stereocenters. The van der Waals surface area contributed by atoms with Gasteiger partial charge in [0.25, 0.3) is 0 Å². The van der Waals surface area contributed by atoms with Crippen molar-refractivity contribution < 1.29 is 18.7 Å². The minimum atomic E-state index is -0.262. The van der Waals surface area contributed by atoms with Crippen molar-refractivity contribution in [1.29, 1.82) is 0 Å². The summed E-state index contributed by atoms with van der Waals surface area (Å²) in [6.07, 6.45) is 3.08. The van der Waals surface area contributed by atoms with Crippen molar-refractivity contribution in [3.05, 3.63) is 35.8 Å². The van der Waals surface area contributed by atoms with Gasteiger partial charge in [-0.25, -0.2) is 4.39 Å². The Bertz CT molecular complexity index is 680. The molecule has 1 aliphatic heterocycles. The smallest absolute Gasteiger partial charge is 0.223 e. The monoisotopic (exact) mass is 320 g/mol. The summed E-state index contributed by atoms with van der Waals surface area (Å²) in [4.78, 5) is 17.0. The van der Waals surface area contributed by atoms with Gasteiger partial charge in [-0.15, -0.1) is 0 Å². The third kappa shape index (κ3) is 3.71. The molecule has 0 spiro atoms. The molecule has 1 aromatic carbocycles. The van der Waals surface area contributed by atoms with Crippen LogP contribution in [0.3, 0.4) is 0 Å². The van der Waals surface area contributed by atoms with Crippen molar-refractivity contribution in [1.82, 2.24) is 9.88 Å². The molecule has 3 rings (SSSR count). The number of likely N-dealkylation sites (tertiary alicyclic amines) is 1. The lowest BCUT2D eigenvalue weighted by molar-refractivity contribution is -0.145. The molecule has 1 aromatic heterocycles. The first-order chi connectivity index (χ1) is 11.2. The van der Waals surface area contributed by atoms with Gasteiger partial charge in [-0.05, 0) is 30.2 Å². The van der Waals surface area contributed by atoms with Crippen LogP contribution in [0.5, 0.6) is 0 Å². The largest absolute Gasteiger partial charge is 0.382 e. The highest BCUT2D eigenvalue weighted by Crippen LogP contribution is 2.21. The SMILES string of the molecule is COCCOC1CN(C(=O)CCc2c[nH]c3cc(F)ccc23)C1. The van der Waals surface area contributed by atoms with E-state index in [4.69, 9.17) is 9.47 Å². The number of amides is 1. The Labute approximate surface area is 134 Å². The van der Waals surface area contributed by atoms with Gasteiger partial charge in [-0.2, -0.15) is 0 Å². The maximum absolute atomic E-state index is 13.2. The third-order valence-electron chi connectivity index (χ3n) is 4.18. The molecule has 1 aliphatic rings. The van der Waals surface area contributed by atoms with E-state index in [1.807, 2.05) is 11.1 Å². The number of ether oxygens (including phenoxy) is 2. The fraction of sp³-hybridized carbons (Fsp3) is 0.471. The molecule has 2 aromatic rings. The Morgan fingerprint density at radius 2 is 2.22 bits per heavy atom. The fourth-order valence-corrected chi connectivity index (χ4v) is 2.81. The topological polar surface area (TPSA) is 54.6 Å². The number of benzene rings is 1. The molecule has 2 heterocycles. The number of hydrogen-bond donors (Lipinski definition) is 1. The number of nitrogens with zero attached hydrogens (tertiary/aromatic N) is 1. The molecule has 1 saturated heterocycles. The second kappa shape index (κ2) is 7.10. The minimum absolute atomic E-state index is 0.130. The van der Waals surface area contributed by atoms with E-state index >= 15 is 0 Å². The molecule has 1 fully saturated rings. The number of aromatic amines is 1. The molecule has 23 heavy (non-hydrogen) atoms. The summed E-state index contributed by atoms with van der Waals surface area (Å²) >= 11 is 0. The molecule has 0 aliphatic carbocycles. The molecule has 0 radical (unpaired) electrons. The van der Waals surface area contributed by atoms with Crippen LogP contribution in [0.1, 0.15) is 12.0 Å². The van der Waals surface area contributed by atoms with E-state index in [1.54, 1.807) is 13.2 Å². The molecule has 0 atom stereocenters. The van der Waals surface area contributed by atoms with Crippen molar-refractivity contribution in [2.45, 2.75) is 18.9 Å². The van der Waals surface area contributed by atoms with Crippen LogP contribution in [0.25, 0.3) is 10.9 Å². The predicted molar refractivity (Wildman–Crippen MR) is 84.8 cm³/mol. The Morgan fingerprint density at radius 1 is 1.39 bits per heavy atom. The van der Waals surface area contributed by atoms with E-state index in [0.717, 1.165) is 16.5 Å². The number of carbonyl (C=O) groups is 1. The number of aryl methyl sites for hydroxylation is 1. The Hall–Kier alpha value is -1.92. The molecule has 5 nitrogen and oxygen atoms in total. The Kier molecular flexibility index (Phi) is 4.93. The Balaban J connectivity index is 1.46. The number of H-pyrrole nitrogens is 1. The highest BCUT2D eigenvalue weighted by molar-refractivity contribution is 5.84. The molecule has 1 amide bonds. The van der Waals surface area contributed by atoms with Gasteiger partial charge in [-0.3, -0.25) is 4.79 Å². The van der Waals surface area contributed by atoms with Crippen LogP contribution < -0.4 is 0 Å². The minimum Gasteiger partial charge on any atom is -0.382 e. The first-order valence-corrected chi connectivity index (χ1v) is 7.81. The zero-order valence-electron chi connectivity index (χ0n) is 13.2. The van der Waals surface area contributed by atoms with E-state index in [-0.39, 0.29) is 17.8 Å². The van der Waals surface area contributed by atoms with E-state index < -0.39 is 0 Å². The number of methoxy groups -OCH3 is 1. The highest BCUT2D eigenvalue weighted by Gasteiger charge is 2.30. The molecular formula is C17H21FN2O3. The molecule has 6 heteroatoms. The average molecular weight is 320 g/mol. The van der Waals surface area contributed by atoms with Gasteiger partial charge in [0.05, 0.1) is 19.3 Å². The van der Waals surface area contributed by atoms with Crippen LogP contribution in [-0.2, 0) is 20.7 Å². The highest BCUT2D eigenvalue weighted by atomic mass is 19.1. The van der Waals surface area contributed by atoms with Crippen molar-refractivity contribution in [2.24, 2.45) is 0 Å². The molecule has 0 saturated carbocycles. The zero-order valence-corrected chi connectivity index (χ0v) is 13.2. The summed E-state index contributed by atoms with van der Waals surface area (Å²) in [5.74, 6) is -0.130. The van der Waals surface area contributed by atoms with E-state index in [1.165, 1.54) is 12.1 Å². The van der Waals surface area contributed by atoms with E-state index in [9.17, 15) is 9.18 Å². The van der Waals surface area contributed by atoms with Crippen LogP contribution in [0.15, 0.2) is 24.4 Å². The van der Waals surface area contributed by atoms with Crippen LogP contribution in [0, 0.1) is 5.82 Å². The standard InChI is InChI=1S/C17H21FN2O3/c1-22-6-7-23-14-10-20(11-14)17(21)5-2-12-9-19-16-8-13(18)3-4-15(12)16/h3-4,8-9,14,19H,2,5-7,10-11H2,1H3. The van der Waals surface area contributed by atoms with Gasteiger partial charge in [0, 0.05) is 43.7 Å². The fourth-order valence-electron chi connectivity index (χ4n) is 2.81. The number of aromatic nitrogens is 1. The number of nitrogens with one attached hydrogen (secondary N) is 1. The van der Waals surface area contributed by atoms with Gasteiger partial charge in [0.1, 0.15) is 5.82 Å². The second-order valence-corrected chi connectivity index (χ2v) is 5.79. The van der Waals surface area contributed by atoms with E-state index in [0.29, 0.717) is 39.1 Å². The van der Waals surface area contributed by atoms with E-state index in [2.05, 4.69) is 4.98 Å². The lowest BCUT2D eigenvalue weighted by Crippen LogP contribution is -2.55. The van der Waals surface area contributed by atoms with Gasteiger partial charge in [0.2, 0.25) is 5.91 Å². The third-order valence-corrected chi connectivity index (χ3v) is 4.18. The first kappa shape index (κ1) is 16.0. The summed E-state index contributed by atoms with van der Waals surface area (Å²) in [6.45, 7) is 2.45. The van der Waals surface area contributed by atoms with Crippen molar-refractivity contribution >= 4 is 16.8 Å². The summed E-state index contributed by atoms with van der Waals surface area (Å²) in [6, 6.07) is 4.67. The van der Waals surface area contributed by atoms with Crippen LogP contribution in [0.2, 0.25) is 0 Å². The first-order valence-electron chi connectivity index (χ1n) is 7.81. The lowest BCUT2D eigenvalue weighted by atomic mass is 10.1. The number of hydrogen-bond acceptors (Lipinski definition) is 3. The quantitative estimate of drug-likeness (QED) is 0.795. The summed E-state index contributed by atoms with van der Waals surface area (Å²) in [5, 5.41) is 0.976. The number of fused-ring (bicyclic) bond motifs is 1. The number of halogens is 1. The molecule has 0 bridgehead atoms. The molecule has 1 N–H and O–H groups in total. The summed E-state index contributed by atoms with van der Waals surface area (Å²) in [7, 11) is 1.64. The van der Waals surface area contributed by atoms with Gasteiger partial charge in [0.15, 0.2) is 0 Å². The van der Waals surface area contributed by atoms with Gasteiger partial charge in [-0.1, -0.05) is 0 Å². The molecular weight excluding hydrogens is 299 g/mol.